The van der Waals surface area contributed by atoms with E-state index in [0.29, 0.717) is 41.3 Å². The van der Waals surface area contributed by atoms with Crippen molar-refractivity contribution in [3.05, 3.63) is 59.7 Å². The van der Waals surface area contributed by atoms with Gasteiger partial charge in [-0.15, -0.1) is 6.58 Å². The van der Waals surface area contributed by atoms with Crippen LogP contribution in [-0.4, -0.2) is 32.1 Å². The standard InChI is InChI=1S/C24H27N3O4S/c1-4-5-12-27(32(3,29)30)23-18(13-16-8-9-16)14-19-20(22(25)28)21(31-24(19)26-23)17-10-6-15(2)7-11-17/h4,6-7,10-11,14,16H,1,5,8-9,12-13H2,2-3H3,(H2,25,28). The number of furan rings is 1. The molecule has 168 valence electrons. The van der Waals surface area contributed by atoms with E-state index in [9.17, 15) is 13.2 Å². The van der Waals surface area contributed by atoms with E-state index in [-0.39, 0.29) is 17.8 Å². The molecule has 3 aromatic rings. The van der Waals surface area contributed by atoms with Crippen LogP contribution in [0, 0.1) is 12.8 Å². The summed E-state index contributed by atoms with van der Waals surface area (Å²) >= 11 is 0. The van der Waals surface area contributed by atoms with E-state index >= 15 is 0 Å². The number of primary amides is 1. The summed E-state index contributed by atoms with van der Waals surface area (Å²) in [7, 11) is -3.58. The highest BCUT2D eigenvalue weighted by molar-refractivity contribution is 7.92. The van der Waals surface area contributed by atoms with E-state index in [1.165, 1.54) is 4.31 Å². The number of aryl methyl sites for hydroxylation is 1. The largest absolute Gasteiger partial charge is 0.437 e. The molecule has 8 heteroatoms. The average Bonchev–Trinajstić information content (AvgIpc) is 3.45. The second-order valence-corrected chi connectivity index (χ2v) is 10.3. The van der Waals surface area contributed by atoms with Gasteiger partial charge in [-0.05, 0) is 50.2 Å². The molecule has 2 heterocycles. The number of nitrogens with zero attached hydrogens (tertiary/aromatic N) is 2. The molecule has 2 aromatic heterocycles. The van der Waals surface area contributed by atoms with Crippen LogP contribution in [-0.2, 0) is 16.4 Å². The topological polar surface area (TPSA) is 106 Å². The number of hydrogen-bond acceptors (Lipinski definition) is 5. The monoisotopic (exact) mass is 453 g/mol. The normalized spacial score (nSPS) is 13.9. The zero-order chi connectivity index (χ0) is 23.0. The van der Waals surface area contributed by atoms with Crippen LogP contribution in [0.15, 0.2) is 47.4 Å². The predicted molar refractivity (Wildman–Crippen MR) is 126 cm³/mol. The Hall–Kier alpha value is -3.13. The van der Waals surface area contributed by atoms with Gasteiger partial charge in [0.05, 0.1) is 17.2 Å². The molecule has 0 aliphatic heterocycles. The SMILES string of the molecule is C=CCCN(c1nc2oc(-c3ccc(C)cc3)c(C(N)=O)c2cc1CC1CC1)S(C)(=O)=O. The molecule has 0 bridgehead atoms. The molecule has 1 aliphatic rings. The number of rotatable bonds is 9. The number of pyridine rings is 1. The molecule has 0 saturated heterocycles. The van der Waals surface area contributed by atoms with Gasteiger partial charge in [0.2, 0.25) is 15.7 Å². The van der Waals surface area contributed by atoms with Crippen molar-refractivity contribution in [3.63, 3.8) is 0 Å². The van der Waals surface area contributed by atoms with Gasteiger partial charge in [-0.3, -0.25) is 9.10 Å². The summed E-state index contributed by atoms with van der Waals surface area (Å²) in [4.78, 5) is 17.0. The lowest BCUT2D eigenvalue weighted by atomic mass is 10.0. The molecular weight excluding hydrogens is 426 g/mol. The number of hydrogen-bond donors (Lipinski definition) is 1. The molecule has 1 aliphatic carbocycles. The van der Waals surface area contributed by atoms with Gasteiger partial charge in [-0.1, -0.05) is 35.9 Å². The summed E-state index contributed by atoms with van der Waals surface area (Å²) in [6.45, 7) is 5.90. The molecule has 4 rings (SSSR count). The van der Waals surface area contributed by atoms with Crippen LogP contribution in [0.3, 0.4) is 0 Å². The minimum Gasteiger partial charge on any atom is -0.437 e. The first kappa shape index (κ1) is 22.1. The zero-order valence-electron chi connectivity index (χ0n) is 18.3. The summed E-state index contributed by atoms with van der Waals surface area (Å²) < 4.78 is 32.5. The smallest absolute Gasteiger partial charge is 0.253 e. The second kappa shape index (κ2) is 8.43. The number of benzene rings is 1. The molecule has 0 radical (unpaired) electrons. The van der Waals surface area contributed by atoms with Crippen molar-refractivity contribution >= 4 is 32.8 Å². The van der Waals surface area contributed by atoms with Crippen LogP contribution >= 0.6 is 0 Å². The first-order valence-electron chi connectivity index (χ1n) is 10.6. The summed E-state index contributed by atoms with van der Waals surface area (Å²) in [6.07, 6.45) is 6.18. The first-order chi connectivity index (χ1) is 15.2. The number of amides is 1. The maximum Gasteiger partial charge on any atom is 0.253 e. The van der Waals surface area contributed by atoms with E-state index in [0.717, 1.165) is 30.2 Å². The Morgan fingerprint density at radius 1 is 1.31 bits per heavy atom. The third-order valence-corrected chi connectivity index (χ3v) is 6.83. The van der Waals surface area contributed by atoms with Gasteiger partial charge >= 0.3 is 0 Å². The summed E-state index contributed by atoms with van der Waals surface area (Å²) in [6, 6.07) is 9.39. The van der Waals surface area contributed by atoms with E-state index in [1.807, 2.05) is 37.3 Å². The number of aromatic nitrogens is 1. The second-order valence-electron chi connectivity index (χ2n) is 8.42. The number of anilines is 1. The van der Waals surface area contributed by atoms with Gasteiger partial charge in [-0.2, -0.15) is 4.98 Å². The molecular formula is C24H27N3O4S. The minimum absolute atomic E-state index is 0.191. The third kappa shape index (κ3) is 4.41. The van der Waals surface area contributed by atoms with E-state index in [4.69, 9.17) is 10.2 Å². The summed E-state index contributed by atoms with van der Waals surface area (Å²) in [5.74, 6) is 0.549. The molecule has 0 unspecified atom stereocenters. The zero-order valence-corrected chi connectivity index (χ0v) is 19.1. The Morgan fingerprint density at radius 2 is 2.00 bits per heavy atom. The van der Waals surface area contributed by atoms with E-state index in [2.05, 4.69) is 11.6 Å². The highest BCUT2D eigenvalue weighted by Crippen LogP contribution is 2.39. The van der Waals surface area contributed by atoms with E-state index < -0.39 is 15.9 Å². The Balaban J connectivity index is 1.95. The van der Waals surface area contributed by atoms with Crippen molar-refractivity contribution in [1.29, 1.82) is 0 Å². The summed E-state index contributed by atoms with van der Waals surface area (Å²) in [5, 5.41) is 0.504. The van der Waals surface area contributed by atoms with Crippen LogP contribution in [0.5, 0.6) is 0 Å². The van der Waals surface area contributed by atoms with E-state index in [1.54, 1.807) is 6.08 Å². The molecule has 1 amide bonds. The van der Waals surface area contributed by atoms with Crippen LogP contribution < -0.4 is 10.0 Å². The Kier molecular flexibility index (Phi) is 5.81. The number of sulfonamides is 1. The van der Waals surface area contributed by atoms with Gasteiger partial charge in [0.15, 0.2) is 0 Å². The fraction of sp³-hybridized carbons (Fsp3) is 0.333. The third-order valence-electron chi connectivity index (χ3n) is 5.68. The van der Waals surface area contributed by atoms with Crippen molar-refractivity contribution in [3.8, 4) is 11.3 Å². The lowest BCUT2D eigenvalue weighted by molar-refractivity contribution is 0.100. The predicted octanol–water partition coefficient (Wildman–Crippen LogP) is 4.20. The first-order valence-corrected chi connectivity index (χ1v) is 12.5. The average molecular weight is 454 g/mol. The highest BCUT2D eigenvalue weighted by Gasteiger charge is 2.30. The van der Waals surface area contributed by atoms with Crippen molar-refractivity contribution < 1.29 is 17.6 Å². The van der Waals surface area contributed by atoms with Gasteiger partial charge in [0.25, 0.3) is 5.91 Å². The van der Waals surface area contributed by atoms with Gasteiger partial charge in [-0.25, -0.2) is 8.42 Å². The maximum atomic E-state index is 12.6. The molecule has 0 atom stereocenters. The van der Waals surface area contributed by atoms with Gasteiger partial charge in [0.1, 0.15) is 11.6 Å². The minimum atomic E-state index is -3.58. The maximum absolute atomic E-state index is 12.6. The number of carbonyl (C=O) groups excluding carboxylic acids is 1. The van der Waals surface area contributed by atoms with Crippen molar-refractivity contribution in [2.24, 2.45) is 11.7 Å². The van der Waals surface area contributed by atoms with Crippen LogP contribution in [0.4, 0.5) is 5.82 Å². The van der Waals surface area contributed by atoms with Crippen LogP contribution in [0.2, 0.25) is 0 Å². The summed E-state index contributed by atoms with van der Waals surface area (Å²) in [5.41, 5.74) is 8.75. The molecule has 32 heavy (non-hydrogen) atoms. The van der Waals surface area contributed by atoms with Crippen molar-refractivity contribution in [2.75, 3.05) is 17.1 Å². The Morgan fingerprint density at radius 3 is 2.56 bits per heavy atom. The van der Waals surface area contributed by atoms with Crippen molar-refractivity contribution in [1.82, 2.24) is 4.98 Å². The molecule has 0 spiro atoms. The molecule has 1 aromatic carbocycles. The number of carbonyl (C=O) groups is 1. The fourth-order valence-electron chi connectivity index (χ4n) is 3.84. The highest BCUT2D eigenvalue weighted by atomic mass is 32.2. The fourth-order valence-corrected chi connectivity index (χ4v) is 4.75. The molecule has 7 nitrogen and oxygen atoms in total. The number of fused-ring (bicyclic) bond motifs is 1. The van der Waals surface area contributed by atoms with Gasteiger partial charge < -0.3 is 10.2 Å². The van der Waals surface area contributed by atoms with Crippen molar-refractivity contribution in [2.45, 2.75) is 32.6 Å². The number of nitrogens with two attached hydrogens (primary N) is 1. The molecule has 2 N–H and O–H groups in total. The van der Waals surface area contributed by atoms with Gasteiger partial charge in [0, 0.05) is 12.1 Å². The Labute approximate surface area is 188 Å². The van der Waals surface area contributed by atoms with Crippen LogP contribution in [0.25, 0.3) is 22.4 Å². The molecule has 1 fully saturated rings. The quantitative estimate of drug-likeness (QED) is 0.489. The lowest BCUT2D eigenvalue weighted by Crippen LogP contribution is -2.32. The molecule has 1 saturated carbocycles. The van der Waals surface area contributed by atoms with Crippen LogP contribution in [0.1, 0.15) is 40.7 Å². The Bertz CT molecular complexity index is 1290. The lowest BCUT2D eigenvalue weighted by Gasteiger charge is -2.23.